The Morgan fingerprint density at radius 3 is 2.54 bits per heavy atom. The summed E-state index contributed by atoms with van der Waals surface area (Å²) in [5, 5.41) is 20.7. The van der Waals surface area contributed by atoms with Gasteiger partial charge >= 0.3 is 6.18 Å². The number of carbonyl (C=O) groups is 1. The molecule has 12 heteroatoms. The first-order chi connectivity index (χ1) is 22.0. The molecule has 236 valence electrons. The Morgan fingerprint density at radius 1 is 1.09 bits per heavy atom. The van der Waals surface area contributed by atoms with E-state index >= 15 is 0 Å². The van der Waals surface area contributed by atoms with Gasteiger partial charge in [-0.05, 0) is 84.7 Å². The maximum Gasteiger partial charge on any atom is 0.416 e. The highest BCUT2D eigenvalue weighted by molar-refractivity contribution is 6.10. The molecule has 2 aliphatic heterocycles. The van der Waals surface area contributed by atoms with Crippen LogP contribution in [0.15, 0.2) is 54.9 Å². The van der Waals surface area contributed by atoms with Crippen LogP contribution < -0.4 is 10.2 Å². The summed E-state index contributed by atoms with van der Waals surface area (Å²) in [7, 11) is 1.83. The van der Waals surface area contributed by atoms with Gasteiger partial charge in [0.25, 0.3) is 5.91 Å². The summed E-state index contributed by atoms with van der Waals surface area (Å²) in [5.41, 5.74) is 2.31. The number of likely N-dealkylation sites (tertiary alicyclic amines) is 1. The second-order valence-corrected chi connectivity index (χ2v) is 12.8. The number of nitrogens with zero attached hydrogens (tertiary/aromatic N) is 7. The van der Waals surface area contributed by atoms with Crippen LogP contribution in [0.3, 0.4) is 0 Å². The third-order valence-electron chi connectivity index (χ3n) is 9.36. The van der Waals surface area contributed by atoms with Gasteiger partial charge < -0.3 is 9.88 Å². The number of benzene rings is 2. The van der Waals surface area contributed by atoms with Gasteiger partial charge in [-0.2, -0.15) is 18.4 Å². The Kier molecular flexibility index (Phi) is 7.31. The zero-order valence-electron chi connectivity index (χ0n) is 25.6. The number of aryl methyl sites for hydroxylation is 1. The average molecular weight is 627 g/mol. The second kappa shape index (κ2) is 11.2. The van der Waals surface area contributed by atoms with Crippen molar-refractivity contribution in [3.05, 3.63) is 77.1 Å². The Labute approximate surface area is 264 Å². The van der Waals surface area contributed by atoms with E-state index < -0.39 is 17.6 Å². The molecule has 4 aromatic rings. The summed E-state index contributed by atoms with van der Waals surface area (Å²) >= 11 is 0. The minimum absolute atomic E-state index is 0.0413. The smallest absolute Gasteiger partial charge is 0.366 e. The SMILES string of the molecule is C[C@H](CC#N)Nc1cc(-c2ccccc2-c2nncn2C)cc(N2Cc3c(cc(CN4CCC5(CC5)C4)cc3C(F)(F)F)C2=O)n1. The molecule has 2 aromatic heterocycles. The number of nitriles is 1. The Balaban J connectivity index is 1.29. The van der Waals surface area contributed by atoms with Crippen LogP contribution in [0.5, 0.6) is 0 Å². The van der Waals surface area contributed by atoms with Crippen molar-refractivity contribution in [1.82, 2.24) is 24.6 Å². The molecule has 1 saturated heterocycles. The number of nitrogens with one attached hydrogen (secondary N) is 1. The molecule has 1 amide bonds. The number of rotatable bonds is 8. The number of aromatic nitrogens is 4. The van der Waals surface area contributed by atoms with Crippen molar-refractivity contribution in [2.45, 2.75) is 57.9 Å². The highest BCUT2D eigenvalue weighted by Gasteiger charge is 2.47. The fourth-order valence-corrected chi connectivity index (χ4v) is 6.78. The fraction of sp³-hybridized carbons (Fsp3) is 0.382. The van der Waals surface area contributed by atoms with Crippen LogP contribution >= 0.6 is 0 Å². The number of amides is 1. The zero-order valence-corrected chi connectivity index (χ0v) is 25.6. The van der Waals surface area contributed by atoms with Crippen molar-refractivity contribution in [1.29, 1.82) is 5.26 Å². The number of pyridine rings is 1. The van der Waals surface area contributed by atoms with Crippen LogP contribution in [0.4, 0.5) is 24.8 Å². The summed E-state index contributed by atoms with van der Waals surface area (Å²) in [6.45, 7) is 3.70. The Morgan fingerprint density at radius 2 is 1.87 bits per heavy atom. The van der Waals surface area contributed by atoms with Crippen molar-refractivity contribution in [3.63, 3.8) is 0 Å². The summed E-state index contributed by atoms with van der Waals surface area (Å²) in [5.74, 6) is 0.707. The van der Waals surface area contributed by atoms with Crippen molar-refractivity contribution in [2.75, 3.05) is 23.3 Å². The van der Waals surface area contributed by atoms with Crippen molar-refractivity contribution in [3.8, 4) is 28.6 Å². The highest BCUT2D eigenvalue weighted by Crippen LogP contribution is 2.53. The van der Waals surface area contributed by atoms with Crippen LogP contribution in [0.2, 0.25) is 0 Å². The van der Waals surface area contributed by atoms with E-state index in [-0.39, 0.29) is 36.0 Å². The molecule has 1 saturated carbocycles. The van der Waals surface area contributed by atoms with Crippen LogP contribution in [0.1, 0.15) is 59.7 Å². The molecular weight excluding hydrogens is 593 g/mol. The van der Waals surface area contributed by atoms with Gasteiger partial charge in [0.15, 0.2) is 5.82 Å². The van der Waals surface area contributed by atoms with Crippen LogP contribution in [0, 0.1) is 16.7 Å². The average Bonchev–Trinajstić information content (AvgIpc) is 3.27. The molecule has 46 heavy (non-hydrogen) atoms. The van der Waals surface area contributed by atoms with Gasteiger partial charge in [-0.3, -0.25) is 14.6 Å². The minimum Gasteiger partial charge on any atom is -0.366 e. The summed E-state index contributed by atoms with van der Waals surface area (Å²) in [4.78, 5) is 22.2. The molecule has 2 fully saturated rings. The lowest BCUT2D eigenvalue weighted by Crippen LogP contribution is -2.25. The first-order valence-corrected chi connectivity index (χ1v) is 15.4. The van der Waals surface area contributed by atoms with E-state index in [1.165, 1.54) is 23.8 Å². The van der Waals surface area contributed by atoms with Crippen molar-refractivity contribution in [2.24, 2.45) is 12.5 Å². The monoisotopic (exact) mass is 626 g/mol. The molecule has 7 rings (SSSR count). The number of anilines is 2. The first-order valence-electron chi connectivity index (χ1n) is 15.4. The summed E-state index contributed by atoms with van der Waals surface area (Å²) < 4.78 is 45.3. The standard InChI is InChI=1S/C34H33F3N8O/c1-21(7-11-38)40-29-15-23(24-5-3-4-6-25(24)31-42-39-20-43(31)2)16-30(41-29)45-18-27-26(32(45)46)13-22(14-28(27)34(35,36)37)17-44-12-10-33(19-44)8-9-33/h3-6,13-16,20-21H,7-10,12,17-19H2,1-2H3,(H,40,41)/t21-/m1/s1. The summed E-state index contributed by atoms with van der Waals surface area (Å²) in [6.07, 6.45) is 0.610. The van der Waals surface area contributed by atoms with E-state index in [0.29, 0.717) is 34.7 Å². The Bertz CT molecular complexity index is 1870. The quantitative estimate of drug-likeness (QED) is 0.241. The fourth-order valence-electron chi connectivity index (χ4n) is 6.78. The van der Waals surface area contributed by atoms with Crippen molar-refractivity contribution >= 4 is 17.5 Å². The normalized spacial score (nSPS) is 17.7. The van der Waals surface area contributed by atoms with Crippen molar-refractivity contribution < 1.29 is 18.0 Å². The third-order valence-corrected chi connectivity index (χ3v) is 9.36. The van der Waals surface area contributed by atoms with Gasteiger partial charge in [-0.15, -0.1) is 10.2 Å². The topological polar surface area (TPSA) is 103 Å². The molecule has 4 heterocycles. The number of hydrogen-bond donors (Lipinski definition) is 1. The van der Waals surface area contributed by atoms with Gasteiger partial charge in [0, 0.05) is 37.3 Å². The second-order valence-electron chi connectivity index (χ2n) is 12.8. The van der Waals surface area contributed by atoms with Crippen LogP contribution in [-0.2, 0) is 26.3 Å². The molecule has 0 bridgehead atoms. The van der Waals surface area contributed by atoms with E-state index in [1.54, 1.807) is 23.0 Å². The minimum atomic E-state index is -4.62. The van der Waals surface area contributed by atoms with E-state index in [9.17, 15) is 23.2 Å². The van der Waals surface area contributed by atoms with Gasteiger partial charge in [-0.25, -0.2) is 4.98 Å². The van der Waals surface area contributed by atoms with Gasteiger partial charge in [0.2, 0.25) is 0 Å². The molecule has 2 aromatic carbocycles. The number of alkyl halides is 3. The number of hydrogen-bond acceptors (Lipinski definition) is 7. The molecular formula is C34H33F3N8O. The number of halogens is 3. The molecule has 9 nitrogen and oxygen atoms in total. The Hall–Kier alpha value is -4.76. The van der Waals surface area contributed by atoms with E-state index in [1.807, 2.05) is 44.3 Å². The van der Waals surface area contributed by atoms with E-state index in [2.05, 4.69) is 31.5 Å². The molecule has 1 aliphatic carbocycles. The number of fused-ring (bicyclic) bond motifs is 1. The maximum absolute atomic E-state index is 14.5. The molecule has 3 aliphatic rings. The predicted molar refractivity (Wildman–Crippen MR) is 167 cm³/mol. The number of carbonyl (C=O) groups excluding carboxylic acids is 1. The van der Waals surface area contributed by atoms with E-state index in [4.69, 9.17) is 0 Å². The van der Waals surface area contributed by atoms with E-state index in [0.717, 1.165) is 30.6 Å². The lowest BCUT2D eigenvalue weighted by atomic mass is 9.98. The maximum atomic E-state index is 14.5. The van der Waals surface area contributed by atoms with Crippen LogP contribution in [-0.4, -0.2) is 49.7 Å². The van der Waals surface area contributed by atoms with Gasteiger partial charge in [0.05, 0.1) is 24.6 Å². The molecule has 0 radical (unpaired) electrons. The summed E-state index contributed by atoms with van der Waals surface area (Å²) in [6, 6.07) is 15.8. The highest BCUT2D eigenvalue weighted by atomic mass is 19.4. The molecule has 0 unspecified atom stereocenters. The first kappa shape index (κ1) is 29.9. The molecule has 1 N–H and O–H groups in total. The van der Waals surface area contributed by atoms with Gasteiger partial charge in [-0.1, -0.05) is 24.3 Å². The molecule has 1 atom stereocenters. The molecule has 1 spiro atoms. The third kappa shape index (κ3) is 5.60. The lowest BCUT2D eigenvalue weighted by Gasteiger charge is -2.20. The van der Waals surface area contributed by atoms with Gasteiger partial charge in [0.1, 0.15) is 18.0 Å². The lowest BCUT2D eigenvalue weighted by molar-refractivity contribution is -0.138. The largest absolute Gasteiger partial charge is 0.416 e. The zero-order chi connectivity index (χ0) is 32.2. The van der Waals surface area contributed by atoms with Crippen LogP contribution in [0.25, 0.3) is 22.5 Å². The predicted octanol–water partition coefficient (Wildman–Crippen LogP) is 6.42.